The SMILES string of the molecule is COc1ccc(-c2noc(CS)n2)cc1OC. The highest BCUT2D eigenvalue weighted by molar-refractivity contribution is 7.79. The maximum Gasteiger partial charge on any atom is 0.236 e. The third-order valence-electron chi connectivity index (χ3n) is 2.25. The van der Waals surface area contributed by atoms with Crippen LogP contribution in [-0.4, -0.2) is 24.4 Å². The van der Waals surface area contributed by atoms with E-state index < -0.39 is 0 Å². The van der Waals surface area contributed by atoms with Crippen molar-refractivity contribution >= 4 is 12.6 Å². The lowest BCUT2D eigenvalue weighted by atomic mass is 10.2. The molecule has 2 aromatic rings. The van der Waals surface area contributed by atoms with E-state index in [0.29, 0.717) is 29.0 Å². The monoisotopic (exact) mass is 252 g/mol. The lowest BCUT2D eigenvalue weighted by Gasteiger charge is -2.07. The van der Waals surface area contributed by atoms with Crippen LogP contribution in [0.4, 0.5) is 0 Å². The van der Waals surface area contributed by atoms with Crippen LogP contribution in [0, 0.1) is 0 Å². The highest BCUT2D eigenvalue weighted by Gasteiger charge is 2.11. The largest absolute Gasteiger partial charge is 0.493 e. The molecule has 5 nitrogen and oxygen atoms in total. The van der Waals surface area contributed by atoms with Gasteiger partial charge >= 0.3 is 0 Å². The summed E-state index contributed by atoms with van der Waals surface area (Å²) in [7, 11) is 3.17. The molecule has 0 aliphatic rings. The van der Waals surface area contributed by atoms with E-state index in [2.05, 4.69) is 22.8 Å². The van der Waals surface area contributed by atoms with Gasteiger partial charge in [-0.05, 0) is 18.2 Å². The quantitative estimate of drug-likeness (QED) is 0.845. The summed E-state index contributed by atoms with van der Waals surface area (Å²) in [4.78, 5) is 4.18. The van der Waals surface area contributed by atoms with E-state index in [-0.39, 0.29) is 0 Å². The summed E-state index contributed by atoms with van der Waals surface area (Å²) in [5, 5.41) is 3.86. The minimum Gasteiger partial charge on any atom is -0.493 e. The Hall–Kier alpha value is -1.69. The van der Waals surface area contributed by atoms with Gasteiger partial charge in [0.25, 0.3) is 0 Å². The molecule has 0 saturated heterocycles. The van der Waals surface area contributed by atoms with Crippen LogP contribution in [-0.2, 0) is 5.75 Å². The lowest BCUT2D eigenvalue weighted by molar-refractivity contribution is 0.355. The molecule has 0 spiro atoms. The Morgan fingerprint density at radius 3 is 2.59 bits per heavy atom. The van der Waals surface area contributed by atoms with Crippen molar-refractivity contribution in [3.05, 3.63) is 24.1 Å². The normalized spacial score (nSPS) is 10.3. The molecule has 6 heteroatoms. The van der Waals surface area contributed by atoms with Gasteiger partial charge in [-0.1, -0.05) is 5.16 Å². The van der Waals surface area contributed by atoms with Crippen LogP contribution in [0.3, 0.4) is 0 Å². The number of hydrogen-bond donors (Lipinski definition) is 1. The third-order valence-corrected chi connectivity index (χ3v) is 2.52. The van der Waals surface area contributed by atoms with Gasteiger partial charge in [0.1, 0.15) is 0 Å². The number of hydrogen-bond acceptors (Lipinski definition) is 6. The van der Waals surface area contributed by atoms with Crippen molar-refractivity contribution < 1.29 is 14.0 Å². The Bertz CT molecular complexity index is 513. The Kier molecular flexibility index (Phi) is 3.53. The van der Waals surface area contributed by atoms with Crippen LogP contribution < -0.4 is 9.47 Å². The molecule has 0 bridgehead atoms. The molecule has 0 fully saturated rings. The second-order valence-corrected chi connectivity index (χ2v) is 3.56. The Balaban J connectivity index is 2.38. The predicted molar refractivity (Wildman–Crippen MR) is 65.5 cm³/mol. The average molecular weight is 252 g/mol. The van der Waals surface area contributed by atoms with Crippen molar-refractivity contribution in [3.8, 4) is 22.9 Å². The first kappa shape index (κ1) is 11.8. The molecule has 0 aliphatic heterocycles. The summed E-state index contributed by atoms with van der Waals surface area (Å²) < 4.78 is 15.3. The summed E-state index contributed by atoms with van der Waals surface area (Å²) in [6, 6.07) is 5.44. The molecule has 1 aromatic carbocycles. The molecule has 1 heterocycles. The van der Waals surface area contributed by atoms with Crippen molar-refractivity contribution in [1.82, 2.24) is 10.1 Å². The summed E-state index contributed by atoms with van der Waals surface area (Å²) >= 11 is 4.07. The highest BCUT2D eigenvalue weighted by atomic mass is 32.1. The number of ether oxygens (including phenoxy) is 2. The van der Waals surface area contributed by atoms with Crippen LogP contribution in [0.15, 0.2) is 22.7 Å². The molecule has 90 valence electrons. The van der Waals surface area contributed by atoms with Crippen molar-refractivity contribution in [3.63, 3.8) is 0 Å². The molecule has 0 amide bonds. The topological polar surface area (TPSA) is 57.4 Å². The lowest BCUT2D eigenvalue weighted by Crippen LogP contribution is -1.91. The zero-order valence-corrected chi connectivity index (χ0v) is 10.4. The average Bonchev–Trinajstić information content (AvgIpc) is 2.86. The second-order valence-electron chi connectivity index (χ2n) is 3.24. The summed E-state index contributed by atoms with van der Waals surface area (Å²) in [6.07, 6.45) is 0. The number of nitrogens with zero attached hydrogens (tertiary/aromatic N) is 2. The maximum absolute atomic E-state index is 5.21. The number of methoxy groups -OCH3 is 2. The summed E-state index contributed by atoms with van der Waals surface area (Å²) in [5.41, 5.74) is 0.805. The van der Waals surface area contributed by atoms with Crippen molar-refractivity contribution in [2.75, 3.05) is 14.2 Å². The zero-order chi connectivity index (χ0) is 12.3. The molecule has 0 aliphatic carbocycles. The molecule has 0 N–H and O–H groups in total. The van der Waals surface area contributed by atoms with E-state index in [0.717, 1.165) is 5.56 Å². The maximum atomic E-state index is 5.21. The van der Waals surface area contributed by atoms with Gasteiger partial charge in [0.2, 0.25) is 11.7 Å². The molecule has 17 heavy (non-hydrogen) atoms. The Morgan fingerprint density at radius 2 is 2.00 bits per heavy atom. The fourth-order valence-corrected chi connectivity index (χ4v) is 1.54. The molecule has 1 aromatic heterocycles. The predicted octanol–water partition coefficient (Wildman–Crippen LogP) is 2.18. The van der Waals surface area contributed by atoms with Gasteiger partial charge < -0.3 is 14.0 Å². The molecule has 0 unspecified atom stereocenters. The first-order valence-electron chi connectivity index (χ1n) is 4.94. The highest BCUT2D eigenvalue weighted by Crippen LogP contribution is 2.31. The van der Waals surface area contributed by atoms with Gasteiger partial charge in [0.15, 0.2) is 11.5 Å². The molecule has 0 saturated carbocycles. The minimum atomic E-state index is 0.417. The molecule has 0 atom stereocenters. The number of aromatic nitrogens is 2. The zero-order valence-electron chi connectivity index (χ0n) is 9.51. The van der Waals surface area contributed by atoms with Crippen LogP contribution in [0.2, 0.25) is 0 Å². The van der Waals surface area contributed by atoms with Gasteiger partial charge in [0.05, 0.1) is 20.0 Å². The molecular weight excluding hydrogens is 240 g/mol. The fourth-order valence-electron chi connectivity index (χ4n) is 1.41. The van der Waals surface area contributed by atoms with E-state index >= 15 is 0 Å². The second kappa shape index (κ2) is 5.09. The standard InChI is InChI=1S/C11H12N2O3S/c1-14-8-4-3-7(5-9(8)15-2)11-12-10(6-17)16-13-11/h3-5,17H,6H2,1-2H3. The minimum absolute atomic E-state index is 0.417. The van der Waals surface area contributed by atoms with E-state index in [9.17, 15) is 0 Å². The number of benzene rings is 1. The molecule has 0 radical (unpaired) electrons. The van der Waals surface area contributed by atoms with Gasteiger partial charge in [-0.15, -0.1) is 0 Å². The number of rotatable bonds is 4. The molecular formula is C11H12N2O3S. The summed E-state index contributed by atoms with van der Waals surface area (Å²) in [5.74, 6) is 2.70. The van der Waals surface area contributed by atoms with Crippen LogP contribution in [0.1, 0.15) is 5.89 Å². The van der Waals surface area contributed by atoms with Gasteiger partial charge in [-0.25, -0.2) is 0 Å². The first-order valence-corrected chi connectivity index (χ1v) is 5.57. The Labute approximate surface area is 104 Å². The third kappa shape index (κ3) is 2.36. The van der Waals surface area contributed by atoms with Crippen molar-refractivity contribution in [2.45, 2.75) is 5.75 Å². The first-order chi connectivity index (χ1) is 8.28. The van der Waals surface area contributed by atoms with Crippen LogP contribution in [0.25, 0.3) is 11.4 Å². The Morgan fingerprint density at radius 1 is 1.24 bits per heavy atom. The number of thiol groups is 1. The van der Waals surface area contributed by atoms with E-state index in [1.165, 1.54) is 0 Å². The van der Waals surface area contributed by atoms with Gasteiger partial charge in [-0.3, -0.25) is 0 Å². The van der Waals surface area contributed by atoms with E-state index in [1.54, 1.807) is 26.4 Å². The smallest absolute Gasteiger partial charge is 0.236 e. The molecule has 2 rings (SSSR count). The van der Waals surface area contributed by atoms with Crippen molar-refractivity contribution in [1.29, 1.82) is 0 Å². The fraction of sp³-hybridized carbons (Fsp3) is 0.273. The van der Waals surface area contributed by atoms with E-state index in [4.69, 9.17) is 14.0 Å². The van der Waals surface area contributed by atoms with Crippen molar-refractivity contribution in [2.24, 2.45) is 0 Å². The van der Waals surface area contributed by atoms with Gasteiger partial charge in [0, 0.05) is 5.56 Å². The van der Waals surface area contributed by atoms with Crippen LogP contribution in [0.5, 0.6) is 11.5 Å². The summed E-state index contributed by atoms with van der Waals surface area (Å²) in [6.45, 7) is 0. The van der Waals surface area contributed by atoms with Crippen LogP contribution >= 0.6 is 12.6 Å². The van der Waals surface area contributed by atoms with Gasteiger partial charge in [-0.2, -0.15) is 17.6 Å². The van der Waals surface area contributed by atoms with E-state index in [1.807, 2.05) is 6.07 Å².